The van der Waals surface area contributed by atoms with Crippen molar-refractivity contribution in [3.63, 3.8) is 0 Å². The van der Waals surface area contributed by atoms with Crippen molar-refractivity contribution in [2.75, 3.05) is 13.1 Å². The van der Waals surface area contributed by atoms with E-state index < -0.39 is 0 Å². The van der Waals surface area contributed by atoms with Crippen LogP contribution in [-0.4, -0.2) is 34.9 Å². The molecular weight excluding hydrogens is 232 g/mol. The molecule has 0 radical (unpaired) electrons. The van der Waals surface area contributed by atoms with E-state index in [-0.39, 0.29) is 24.1 Å². The molecule has 5 heteroatoms. The van der Waals surface area contributed by atoms with Crippen molar-refractivity contribution < 1.29 is 14.7 Å². The molecule has 2 rings (SSSR count). The molecule has 0 aromatic heterocycles. The standard InChI is InChI=1S/C13H16N2O3/c1-9(16)14-7-13(18)15-5-4-10-2-3-12(17)6-11(10)8-15/h2-3,6,17H,4-5,7-8H2,1H3,(H,14,16). The molecule has 0 unspecified atom stereocenters. The van der Waals surface area contributed by atoms with E-state index in [0.717, 1.165) is 17.5 Å². The van der Waals surface area contributed by atoms with E-state index in [0.29, 0.717) is 13.1 Å². The van der Waals surface area contributed by atoms with Gasteiger partial charge in [0.1, 0.15) is 5.75 Å². The summed E-state index contributed by atoms with van der Waals surface area (Å²) in [7, 11) is 0. The number of hydrogen-bond acceptors (Lipinski definition) is 3. The highest BCUT2D eigenvalue weighted by molar-refractivity contribution is 5.83. The fourth-order valence-corrected chi connectivity index (χ4v) is 2.07. The molecule has 1 aromatic carbocycles. The molecule has 0 spiro atoms. The second kappa shape index (κ2) is 5.08. The van der Waals surface area contributed by atoms with Crippen LogP contribution in [0.2, 0.25) is 0 Å². The third kappa shape index (κ3) is 2.80. The Morgan fingerprint density at radius 1 is 1.39 bits per heavy atom. The van der Waals surface area contributed by atoms with Crippen molar-refractivity contribution in [2.24, 2.45) is 0 Å². The van der Waals surface area contributed by atoms with Gasteiger partial charge in [-0.05, 0) is 29.7 Å². The summed E-state index contributed by atoms with van der Waals surface area (Å²) in [4.78, 5) is 24.3. The zero-order valence-electron chi connectivity index (χ0n) is 10.3. The Morgan fingerprint density at radius 3 is 2.89 bits per heavy atom. The van der Waals surface area contributed by atoms with Gasteiger partial charge in [0, 0.05) is 20.0 Å². The highest BCUT2D eigenvalue weighted by Crippen LogP contribution is 2.22. The summed E-state index contributed by atoms with van der Waals surface area (Å²) in [6.45, 7) is 2.55. The Kier molecular flexibility index (Phi) is 3.50. The van der Waals surface area contributed by atoms with Crippen molar-refractivity contribution in [3.8, 4) is 5.75 Å². The molecule has 1 aromatic rings. The second-order valence-electron chi connectivity index (χ2n) is 4.43. The minimum Gasteiger partial charge on any atom is -0.508 e. The maximum atomic E-state index is 11.8. The number of benzene rings is 1. The molecule has 2 N–H and O–H groups in total. The number of nitrogens with zero attached hydrogens (tertiary/aromatic N) is 1. The van der Waals surface area contributed by atoms with Crippen molar-refractivity contribution in [1.82, 2.24) is 10.2 Å². The van der Waals surface area contributed by atoms with E-state index in [1.54, 1.807) is 17.0 Å². The highest BCUT2D eigenvalue weighted by atomic mass is 16.3. The topological polar surface area (TPSA) is 69.6 Å². The van der Waals surface area contributed by atoms with Crippen LogP contribution >= 0.6 is 0 Å². The molecule has 0 saturated heterocycles. The quantitative estimate of drug-likeness (QED) is 0.796. The van der Waals surface area contributed by atoms with Crippen molar-refractivity contribution in [1.29, 1.82) is 0 Å². The van der Waals surface area contributed by atoms with Gasteiger partial charge in [0.2, 0.25) is 11.8 Å². The van der Waals surface area contributed by atoms with Crippen LogP contribution in [0, 0.1) is 0 Å². The fraction of sp³-hybridized carbons (Fsp3) is 0.385. The van der Waals surface area contributed by atoms with Crippen molar-refractivity contribution in [2.45, 2.75) is 19.9 Å². The normalized spacial score (nSPS) is 13.9. The van der Waals surface area contributed by atoms with Crippen LogP contribution in [0.25, 0.3) is 0 Å². The molecule has 1 aliphatic rings. The Bertz CT molecular complexity index is 485. The smallest absolute Gasteiger partial charge is 0.242 e. The predicted octanol–water partition coefficient (Wildman–Crippen LogP) is 0.413. The van der Waals surface area contributed by atoms with E-state index in [9.17, 15) is 14.7 Å². The summed E-state index contributed by atoms with van der Waals surface area (Å²) in [6, 6.07) is 5.24. The van der Waals surface area contributed by atoms with Gasteiger partial charge in [0.25, 0.3) is 0 Å². The summed E-state index contributed by atoms with van der Waals surface area (Å²) in [5, 5.41) is 11.9. The van der Waals surface area contributed by atoms with Crippen LogP contribution in [0.5, 0.6) is 5.75 Å². The number of phenolic OH excluding ortho intramolecular Hbond substituents is 1. The molecule has 2 amide bonds. The van der Waals surface area contributed by atoms with Gasteiger partial charge in [-0.15, -0.1) is 0 Å². The van der Waals surface area contributed by atoms with E-state index in [4.69, 9.17) is 0 Å². The first-order valence-corrected chi connectivity index (χ1v) is 5.89. The molecule has 0 fully saturated rings. The molecule has 0 bridgehead atoms. The molecule has 1 heterocycles. The molecule has 1 aliphatic heterocycles. The van der Waals surface area contributed by atoms with Crippen molar-refractivity contribution in [3.05, 3.63) is 29.3 Å². The van der Waals surface area contributed by atoms with E-state index in [1.807, 2.05) is 6.07 Å². The molecule has 0 atom stereocenters. The van der Waals surface area contributed by atoms with E-state index in [2.05, 4.69) is 5.32 Å². The first-order chi connectivity index (χ1) is 8.56. The molecule has 0 aliphatic carbocycles. The summed E-state index contributed by atoms with van der Waals surface area (Å²) in [5.41, 5.74) is 2.13. The minimum atomic E-state index is -0.210. The summed E-state index contributed by atoms with van der Waals surface area (Å²) in [6.07, 6.45) is 0.779. The maximum absolute atomic E-state index is 11.8. The van der Waals surface area contributed by atoms with Gasteiger partial charge in [-0.25, -0.2) is 0 Å². The number of carbonyl (C=O) groups excluding carboxylic acids is 2. The monoisotopic (exact) mass is 248 g/mol. The van der Waals surface area contributed by atoms with Crippen LogP contribution in [0.4, 0.5) is 0 Å². The van der Waals surface area contributed by atoms with Crippen LogP contribution in [0.3, 0.4) is 0 Å². The first-order valence-electron chi connectivity index (χ1n) is 5.89. The van der Waals surface area contributed by atoms with Gasteiger partial charge in [-0.1, -0.05) is 6.07 Å². The Morgan fingerprint density at radius 2 is 2.17 bits per heavy atom. The second-order valence-corrected chi connectivity index (χ2v) is 4.43. The average molecular weight is 248 g/mol. The molecular formula is C13H16N2O3. The number of carbonyl (C=O) groups is 2. The zero-order valence-corrected chi connectivity index (χ0v) is 10.3. The number of hydrogen-bond donors (Lipinski definition) is 2. The van der Waals surface area contributed by atoms with Gasteiger partial charge in [0.05, 0.1) is 6.54 Å². The molecule has 18 heavy (non-hydrogen) atoms. The van der Waals surface area contributed by atoms with Crippen LogP contribution in [0.15, 0.2) is 18.2 Å². The van der Waals surface area contributed by atoms with Gasteiger partial charge in [0.15, 0.2) is 0 Å². The lowest BCUT2D eigenvalue weighted by molar-refractivity contribution is -0.133. The van der Waals surface area contributed by atoms with Gasteiger partial charge >= 0.3 is 0 Å². The zero-order chi connectivity index (χ0) is 13.1. The Hall–Kier alpha value is -2.04. The number of amides is 2. The summed E-state index contributed by atoms with van der Waals surface area (Å²) < 4.78 is 0. The van der Waals surface area contributed by atoms with Crippen LogP contribution in [-0.2, 0) is 22.6 Å². The third-order valence-electron chi connectivity index (χ3n) is 3.04. The van der Waals surface area contributed by atoms with Gasteiger partial charge in [-0.3, -0.25) is 9.59 Å². The molecule has 5 nitrogen and oxygen atoms in total. The highest BCUT2D eigenvalue weighted by Gasteiger charge is 2.20. The lowest BCUT2D eigenvalue weighted by atomic mass is 9.99. The fourth-order valence-electron chi connectivity index (χ4n) is 2.07. The lowest BCUT2D eigenvalue weighted by Crippen LogP contribution is -2.42. The number of rotatable bonds is 2. The SMILES string of the molecule is CC(=O)NCC(=O)N1CCc2ccc(O)cc2C1. The van der Waals surface area contributed by atoms with Gasteiger partial charge in [-0.2, -0.15) is 0 Å². The number of fused-ring (bicyclic) bond motifs is 1. The van der Waals surface area contributed by atoms with E-state index >= 15 is 0 Å². The Balaban J connectivity index is 2.02. The summed E-state index contributed by atoms with van der Waals surface area (Å²) in [5.74, 6) is -0.0949. The number of aromatic hydroxyl groups is 1. The van der Waals surface area contributed by atoms with Crippen LogP contribution in [0.1, 0.15) is 18.1 Å². The molecule has 0 saturated carbocycles. The third-order valence-corrected chi connectivity index (χ3v) is 3.04. The Labute approximate surface area is 105 Å². The van der Waals surface area contributed by atoms with Crippen LogP contribution < -0.4 is 5.32 Å². The van der Waals surface area contributed by atoms with Crippen molar-refractivity contribution >= 4 is 11.8 Å². The average Bonchev–Trinajstić information content (AvgIpc) is 2.34. The number of nitrogens with one attached hydrogen (secondary N) is 1. The minimum absolute atomic E-state index is 0.0312. The summed E-state index contributed by atoms with van der Waals surface area (Å²) >= 11 is 0. The lowest BCUT2D eigenvalue weighted by Gasteiger charge is -2.29. The largest absolute Gasteiger partial charge is 0.508 e. The van der Waals surface area contributed by atoms with E-state index in [1.165, 1.54) is 6.92 Å². The maximum Gasteiger partial charge on any atom is 0.242 e. The van der Waals surface area contributed by atoms with Gasteiger partial charge < -0.3 is 15.3 Å². The first kappa shape index (κ1) is 12.4. The predicted molar refractivity (Wildman–Crippen MR) is 65.9 cm³/mol. The number of phenols is 1. The molecule has 96 valence electrons.